The van der Waals surface area contributed by atoms with E-state index in [2.05, 4.69) is 15.0 Å². The van der Waals surface area contributed by atoms with Crippen LogP contribution in [0.3, 0.4) is 0 Å². The smallest absolute Gasteiger partial charge is 0.322 e. The third-order valence-electron chi connectivity index (χ3n) is 3.17. The first-order chi connectivity index (χ1) is 9.81. The molecule has 0 saturated carbocycles. The topological polar surface area (TPSA) is 108 Å². The van der Waals surface area contributed by atoms with Crippen molar-refractivity contribution < 1.29 is 18.3 Å². The first-order valence-corrected chi connectivity index (χ1v) is 8.24. The normalized spacial score (nSPS) is 14.4. The van der Waals surface area contributed by atoms with E-state index in [1.807, 2.05) is 13.8 Å². The maximum Gasteiger partial charge on any atom is 0.322 e. The van der Waals surface area contributed by atoms with E-state index in [1.54, 1.807) is 6.92 Å². The van der Waals surface area contributed by atoms with Crippen LogP contribution in [0.25, 0.3) is 0 Å². The van der Waals surface area contributed by atoms with Crippen molar-refractivity contribution in [3.05, 3.63) is 18.5 Å². The van der Waals surface area contributed by atoms with Gasteiger partial charge in [0.1, 0.15) is 10.9 Å². The number of nitrogens with one attached hydrogen (secondary N) is 2. The zero-order chi connectivity index (χ0) is 16.0. The highest BCUT2D eigenvalue weighted by Crippen LogP contribution is 2.16. The van der Waals surface area contributed by atoms with Crippen LogP contribution >= 0.6 is 0 Å². The number of anilines is 1. The second kappa shape index (κ2) is 7.37. The fourth-order valence-electron chi connectivity index (χ4n) is 1.75. The Hall–Kier alpha value is -1.67. The van der Waals surface area contributed by atoms with Gasteiger partial charge in [0.25, 0.3) is 0 Å². The number of carbonyl (C=O) groups is 1. The van der Waals surface area contributed by atoms with E-state index in [0.717, 1.165) is 0 Å². The minimum Gasteiger partial charge on any atom is -0.480 e. The predicted molar refractivity (Wildman–Crippen MR) is 79.6 cm³/mol. The number of hydrogen-bond donors (Lipinski definition) is 3. The standard InChI is InChI=1S/C13H21N3O4S/c1-4-9(3)12(13(17)18)16-21(19,20)11-6-10(15-5-2)7-14-8-11/h6-9,12,15-16H,4-5H2,1-3H3,(H,17,18). The van der Waals surface area contributed by atoms with Crippen LogP contribution in [0, 0.1) is 5.92 Å². The van der Waals surface area contributed by atoms with Gasteiger partial charge in [-0.1, -0.05) is 20.3 Å². The van der Waals surface area contributed by atoms with Gasteiger partial charge in [-0.25, -0.2) is 8.42 Å². The van der Waals surface area contributed by atoms with Gasteiger partial charge in [-0.15, -0.1) is 0 Å². The summed E-state index contributed by atoms with van der Waals surface area (Å²) in [4.78, 5) is 15.0. The second-order valence-electron chi connectivity index (χ2n) is 4.76. The highest BCUT2D eigenvalue weighted by molar-refractivity contribution is 7.89. The van der Waals surface area contributed by atoms with Crippen molar-refractivity contribution in [2.24, 2.45) is 5.92 Å². The zero-order valence-electron chi connectivity index (χ0n) is 12.3. The first-order valence-electron chi connectivity index (χ1n) is 6.75. The lowest BCUT2D eigenvalue weighted by Crippen LogP contribution is -2.44. The molecular weight excluding hydrogens is 294 g/mol. The van der Waals surface area contributed by atoms with Crippen molar-refractivity contribution in [2.45, 2.75) is 38.1 Å². The van der Waals surface area contributed by atoms with Crippen LogP contribution in [0.4, 0.5) is 5.69 Å². The highest BCUT2D eigenvalue weighted by atomic mass is 32.2. The Bertz CT molecular complexity index is 589. The monoisotopic (exact) mass is 315 g/mol. The molecule has 8 heteroatoms. The molecule has 0 saturated heterocycles. The van der Waals surface area contributed by atoms with Gasteiger partial charge in [0.15, 0.2) is 0 Å². The Balaban J connectivity index is 3.04. The first kappa shape index (κ1) is 17.4. The van der Waals surface area contributed by atoms with Crippen LogP contribution in [-0.4, -0.2) is 37.1 Å². The Labute approximate surface area is 124 Å². The summed E-state index contributed by atoms with van der Waals surface area (Å²) in [6.45, 7) is 6.00. The summed E-state index contributed by atoms with van der Waals surface area (Å²) < 4.78 is 26.8. The molecule has 0 aliphatic heterocycles. The number of aliphatic carboxylic acids is 1. The van der Waals surface area contributed by atoms with Crippen molar-refractivity contribution >= 4 is 21.7 Å². The highest BCUT2D eigenvalue weighted by Gasteiger charge is 2.29. The van der Waals surface area contributed by atoms with Crippen LogP contribution in [0.1, 0.15) is 27.2 Å². The number of nitrogens with zero attached hydrogens (tertiary/aromatic N) is 1. The van der Waals surface area contributed by atoms with E-state index in [-0.39, 0.29) is 10.8 Å². The van der Waals surface area contributed by atoms with E-state index < -0.39 is 22.0 Å². The molecule has 3 N–H and O–H groups in total. The number of aromatic nitrogens is 1. The lowest BCUT2D eigenvalue weighted by molar-refractivity contribution is -0.140. The number of pyridine rings is 1. The van der Waals surface area contributed by atoms with E-state index in [1.165, 1.54) is 18.5 Å². The van der Waals surface area contributed by atoms with Crippen molar-refractivity contribution in [2.75, 3.05) is 11.9 Å². The van der Waals surface area contributed by atoms with Crippen molar-refractivity contribution in [1.82, 2.24) is 9.71 Å². The molecule has 7 nitrogen and oxygen atoms in total. The summed E-state index contributed by atoms with van der Waals surface area (Å²) in [6.07, 6.45) is 3.25. The second-order valence-corrected chi connectivity index (χ2v) is 6.48. The van der Waals surface area contributed by atoms with Gasteiger partial charge in [-0.2, -0.15) is 4.72 Å². The Kier molecular flexibility index (Phi) is 6.10. The summed E-state index contributed by atoms with van der Waals surface area (Å²) in [5.41, 5.74) is 0.566. The number of rotatable bonds is 8. The SMILES string of the molecule is CCNc1cncc(S(=O)(=O)NC(C(=O)O)C(C)CC)c1. The molecule has 21 heavy (non-hydrogen) atoms. The van der Waals surface area contributed by atoms with Crippen LogP contribution in [0.2, 0.25) is 0 Å². The molecule has 0 aromatic carbocycles. The molecule has 2 atom stereocenters. The number of carboxylic acids is 1. The summed E-state index contributed by atoms with van der Waals surface area (Å²) in [5, 5.41) is 12.1. The lowest BCUT2D eigenvalue weighted by Gasteiger charge is -2.20. The maximum atomic E-state index is 12.3. The van der Waals surface area contributed by atoms with Gasteiger partial charge in [0, 0.05) is 12.7 Å². The van der Waals surface area contributed by atoms with Crippen LogP contribution in [0.5, 0.6) is 0 Å². The van der Waals surface area contributed by atoms with Gasteiger partial charge in [-0.3, -0.25) is 9.78 Å². The molecule has 0 fully saturated rings. The average Bonchev–Trinajstić information content (AvgIpc) is 2.44. The van der Waals surface area contributed by atoms with Crippen LogP contribution in [0.15, 0.2) is 23.4 Å². The number of carboxylic acid groups (broad SMARTS) is 1. The quantitative estimate of drug-likeness (QED) is 0.667. The molecule has 1 aromatic heterocycles. The van der Waals surface area contributed by atoms with Crippen molar-refractivity contribution in [3.8, 4) is 0 Å². The molecule has 1 heterocycles. The lowest BCUT2D eigenvalue weighted by atomic mass is 10.0. The Morgan fingerprint density at radius 1 is 1.38 bits per heavy atom. The fourth-order valence-corrected chi connectivity index (χ4v) is 3.03. The predicted octanol–water partition coefficient (Wildman–Crippen LogP) is 1.29. The molecule has 0 radical (unpaired) electrons. The van der Waals surface area contributed by atoms with E-state index in [4.69, 9.17) is 5.11 Å². The molecular formula is C13H21N3O4S. The van der Waals surface area contributed by atoms with Crippen molar-refractivity contribution in [1.29, 1.82) is 0 Å². The van der Waals surface area contributed by atoms with Gasteiger partial charge < -0.3 is 10.4 Å². The van der Waals surface area contributed by atoms with Gasteiger partial charge >= 0.3 is 5.97 Å². The van der Waals surface area contributed by atoms with Crippen molar-refractivity contribution in [3.63, 3.8) is 0 Å². The zero-order valence-corrected chi connectivity index (χ0v) is 13.1. The average molecular weight is 315 g/mol. The third-order valence-corrected chi connectivity index (χ3v) is 4.57. The summed E-state index contributed by atoms with van der Waals surface area (Å²) >= 11 is 0. The molecule has 1 aromatic rings. The molecule has 0 amide bonds. The van der Waals surface area contributed by atoms with Gasteiger partial charge in [0.05, 0.1) is 11.9 Å². The Morgan fingerprint density at radius 3 is 2.57 bits per heavy atom. The molecule has 0 bridgehead atoms. The van der Waals surface area contributed by atoms with Gasteiger partial charge in [-0.05, 0) is 18.9 Å². The van der Waals surface area contributed by atoms with E-state index in [0.29, 0.717) is 18.7 Å². The largest absolute Gasteiger partial charge is 0.480 e. The summed E-state index contributed by atoms with van der Waals surface area (Å²) in [5.74, 6) is -1.51. The fraction of sp³-hybridized carbons (Fsp3) is 0.538. The minimum absolute atomic E-state index is 0.0597. The van der Waals surface area contributed by atoms with Crippen LogP contribution in [-0.2, 0) is 14.8 Å². The molecule has 2 unspecified atom stereocenters. The summed E-state index contributed by atoms with van der Waals surface area (Å²) in [7, 11) is -3.93. The maximum absolute atomic E-state index is 12.3. The van der Waals surface area contributed by atoms with E-state index in [9.17, 15) is 13.2 Å². The minimum atomic E-state index is -3.93. The van der Waals surface area contributed by atoms with Crippen LogP contribution < -0.4 is 10.0 Å². The Morgan fingerprint density at radius 2 is 2.05 bits per heavy atom. The number of hydrogen-bond acceptors (Lipinski definition) is 5. The summed E-state index contributed by atoms with van der Waals surface area (Å²) in [6, 6.07) is 0.261. The van der Waals surface area contributed by atoms with E-state index >= 15 is 0 Å². The third kappa shape index (κ3) is 4.68. The molecule has 1 rings (SSSR count). The molecule has 0 aliphatic carbocycles. The number of sulfonamides is 1. The molecule has 118 valence electrons. The molecule has 0 aliphatic rings. The molecule has 0 spiro atoms. The van der Waals surface area contributed by atoms with Gasteiger partial charge in [0.2, 0.25) is 10.0 Å².